The van der Waals surface area contributed by atoms with Gasteiger partial charge in [-0.05, 0) is 107 Å². The lowest BCUT2D eigenvalue weighted by atomic mass is 9.50. The Bertz CT molecular complexity index is 510. The van der Waals surface area contributed by atoms with E-state index >= 15 is 0 Å². The molecular formula is C22H35NO. The van der Waals surface area contributed by atoms with Gasteiger partial charge in [-0.25, -0.2) is 0 Å². The van der Waals surface area contributed by atoms with Crippen LogP contribution in [0.1, 0.15) is 77.6 Å². The van der Waals surface area contributed by atoms with Crippen LogP contribution in [0.3, 0.4) is 0 Å². The van der Waals surface area contributed by atoms with E-state index in [4.69, 9.17) is 0 Å². The van der Waals surface area contributed by atoms with Crippen molar-refractivity contribution >= 4 is 5.78 Å². The summed E-state index contributed by atoms with van der Waals surface area (Å²) >= 11 is 0. The first-order valence-electron chi connectivity index (χ1n) is 10.9. The van der Waals surface area contributed by atoms with E-state index in [9.17, 15) is 4.79 Å². The first-order chi connectivity index (χ1) is 11.7. The lowest BCUT2D eigenvalue weighted by Gasteiger charge is -2.55. The van der Waals surface area contributed by atoms with Crippen molar-refractivity contribution in [2.24, 2.45) is 35.0 Å². The molecule has 2 nitrogen and oxygen atoms in total. The van der Waals surface area contributed by atoms with Crippen molar-refractivity contribution in [2.45, 2.75) is 83.6 Å². The highest BCUT2D eigenvalue weighted by molar-refractivity contribution is 5.87. The summed E-state index contributed by atoms with van der Waals surface area (Å²) in [4.78, 5) is 15.3. The molecule has 2 heteroatoms. The van der Waals surface area contributed by atoms with Crippen molar-refractivity contribution in [1.82, 2.24) is 4.90 Å². The van der Waals surface area contributed by atoms with Crippen molar-refractivity contribution < 1.29 is 4.79 Å². The van der Waals surface area contributed by atoms with Gasteiger partial charge in [0.1, 0.15) is 5.78 Å². The minimum absolute atomic E-state index is 0.0702. The molecule has 1 aliphatic heterocycles. The number of carbonyl (C=O) groups excluding carboxylic acids is 1. The topological polar surface area (TPSA) is 20.3 Å². The van der Waals surface area contributed by atoms with E-state index in [0.29, 0.717) is 5.78 Å². The van der Waals surface area contributed by atoms with Crippen LogP contribution in [0, 0.1) is 35.0 Å². The molecule has 5 rings (SSSR count). The molecule has 1 heterocycles. The summed E-state index contributed by atoms with van der Waals surface area (Å²) in [5.41, 5.74) is 0.0702. The molecular weight excluding hydrogens is 294 g/mol. The van der Waals surface area contributed by atoms with Gasteiger partial charge in [-0.15, -0.1) is 0 Å². The van der Waals surface area contributed by atoms with Crippen LogP contribution >= 0.6 is 0 Å². The third-order valence-corrected chi connectivity index (χ3v) is 9.29. The minimum Gasteiger partial charge on any atom is -0.300 e. The zero-order chi connectivity index (χ0) is 16.3. The first-order valence-corrected chi connectivity index (χ1v) is 10.9. The van der Waals surface area contributed by atoms with Gasteiger partial charge in [0.2, 0.25) is 0 Å². The molecule has 0 bridgehead atoms. The molecule has 5 fully saturated rings. The second-order valence-corrected chi connectivity index (χ2v) is 10.1. The molecule has 0 aromatic rings. The maximum absolute atomic E-state index is 12.5. The molecule has 4 saturated carbocycles. The Kier molecular flexibility index (Phi) is 3.85. The normalized spacial score (nSPS) is 52.0. The van der Waals surface area contributed by atoms with Crippen molar-refractivity contribution in [2.75, 3.05) is 13.1 Å². The zero-order valence-electron chi connectivity index (χ0n) is 15.5. The number of hydrogen-bond acceptors (Lipinski definition) is 2. The van der Waals surface area contributed by atoms with E-state index < -0.39 is 0 Å². The molecule has 134 valence electrons. The summed E-state index contributed by atoms with van der Waals surface area (Å²) in [6, 6.07) is 0.909. The van der Waals surface area contributed by atoms with Crippen LogP contribution in [0.2, 0.25) is 0 Å². The van der Waals surface area contributed by atoms with Crippen LogP contribution < -0.4 is 0 Å². The molecule has 5 aliphatic rings. The van der Waals surface area contributed by atoms with Gasteiger partial charge >= 0.3 is 0 Å². The maximum Gasteiger partial charge on any atom is 0.139 e. The number of hydrogen-bond donors (Lipinski definition) is 0. The van der Waals surface area contributed by atoms with Crippen LogP contribution in [-0.2, 0) is 4.79 Å². The third-order valence-electron chi connectivity index (χ3n) is 9.29. The van der Waals surface area contributed by atoms with Crippen LogP contribution in [-0.4, -0.2) is 29.8 Å². The molecule has 0 aromatic carbocycles. The first kappa shape index (κ1) is 15.9. The van der Waals surface area contributed by atoms with Crippen LogP contribution in [0.25, 0.3) is 0 Å². The molecule has 0 aromatic heterocycles. The van der Waals surface area contributed by atoms with E-state index in [-0.39, 0.29) is 5.41 Å². The minimum atomic E-state index is 0.0702. The van der Waals surface area contributed by atoms with Gasteiger partial charge < -0.3 is 4.90 Å². The van der Waals surface area contributed by atoms with Gasteiger partial charge in [0.15, 0.2) is 0 Å². The third kappa shape index (κ3) is 2.27. The highest BCUT2D eigenvalue weighted by Gasteiger charge is 2.57. The Labute approximate surface area is 147 Å². The molecule has 0 amide bonds. The van der Waals surface area contributed by atoms with E-state index in [0.717, 1.165) is 42.1 Å². The molecule has 0 N–H and O–H groups in total. The van der Waals surface area contributed by atoms with Gasteiger partial charge in [0.05, 0.1) is 0 Å². The average molecular weight is 330 g/mol. The van der Waals surface area contributed by atoms with Crippen molar-refractivity contribution in [3.05, 3.63) is 0 Å². The SMILES string of the molecule is C[C@]12CC[C@@H]3C4CCC(N5CCCC5)C[C@@H]4CCC3[C@@H]1CCC2=O. The van der Waals surface area contributed by atoms with Gasteiger partial charge in [-0.3, -0.25) is 4.79 Å². The van der Waals surface area contributed by atoms with Gasteiger partial charge in [-0.2, -0.15) is 0 Å². The van der Waals surface area contributed by atoms with E-state index in [1.54, 1.807) is 0 Å². The van der Waals surface area contributed by atoms with Gasteiger partial charge in [-0.1, -0.05) is 6.92 Å². The zero-order valence-corrected chi connectivity index (χ0v) is 15.5. The summed E-state index contributed by atoms with van der Waals surface area (Å²) in [5, 5.41) is 0. The lowest BCUT2D eigenvalue weighted by Crippen LogP contribution is -2.50. The number of nitrogens with zero attached hydrogens (tertiary/aromatic N) is 1. The second kappa shape index (κ2) is 5.83. The lowest BCUT2D eigenvalue weighted by molar-refractivity contribution is -0.133. The summed E-state index contributed by atoms with van der Waals surface area (Å²) < 4.78 is 0. The fourth-order valence-electron chi connectivity index (χ4n) is 8.04. The molecule has 3 unspecified atom stereocenters. The monoisotopic (exact) mass is 329 g/mol. The van der Waals surface area contributed by atoms with Gasteiger partial charge in [0.25, 0.3) is 0 Å². The quantitative estimate of drug-likeness (QED) is 0.696. The fraction of sp³-hybridized carbons (Fsp3) is 0.955. The smallest absolute Gasteiger partial charge is 0.139 e. The van der Waals surface area contributed by atoms with Crippen molar-refractivity contribution in [1.29, 1.82) is 0 Å². The number of rotatable bonds is 1. The molecule has 7 atom stereocenters. The van der Waals surface area contributed by atoms with Gasteiger partial charge in [0, 0.05) is 17.9 Å². The second-order valence-electron chi connectivity index (χ2n) is 10.1. The largest absolute Gasteiger partial charge is 0.300 e. The Morgan fingerprint density at radius 2 is 1.71 bits per heavy atom. The fourth-order valence-corrected chi connectivity index (χ4v) is 8.04. The van der Waals surface area contributed by atoms with E-state index in [1.165, 1.54) is 77.3 Å². The van der Waals surface area contributed by atoms with Crippen molar-refractivity contribution in [3.63, 3.8) is 0 Å². The number of fused-ring (bicyclic) bond motifs is 5. The predicted molar refractivity (Wildman–Crippen MR) is 96.7 cm³/mol. The van der Waals surface area contributed by atoms with Crippen LogP contribution in [0.15, 0.2) is 0 Å². The summed E-state index contributed by atoms with van der Waals surface area (Å²) in [7, 11) is 0. The maximum atomic E-state index is 12.5. The highest BCUT2D eigenvalue weighted by Crippen LogP contribution is 2.61. The Morgan fingerprint density at radius 1 is 0.917 bits per heavy atom. The number of carbonyl (C=O) groups is 1. The number of likely N-dealkylation sites (tertiary alicyclic amines) is 1. The molecule has 0 radical (unpaired) electrons. The molecule has 1 saturated heterocycles. The standard InChI is InChI=1S/C22H35NO/c1-22-11-10-18-17-7-5-16(23-12-2-3-13-23)14-15(17)4-6-19(18)20(22)8-9-21(22)24/h15-20H,2-14H2,1H3/t15-,16?,17?,18+,19?,20-,22-/m0/s1. The Morgan fingerprint density at radius 3 is 2.54 bits per heavy atom. The summed E-state index contributed by atoms with van der Waals surface area (Å²) in [6.45, 7) is 5.06. The van der Waals surface area contributed by atoms with E-state index in [1.807, 2.05) is 0 Å². The molecule has 24 heavy (non-hydrogen) atoms. The predicted octanol–water partition coefficient (Wildman–Crippen LogP) is 4.67. The van der Waals surface area contributed by atoms with Crippen LogP contribution in [0.4, 0.5) is 0 Å². The Hall–Kier alpha value is -0.370. The molecule has 0 spiro atoms. The number of Topliss-reactive ketones (excluding diaryl/α,β-unsaturated/α-hetero) is 1. The summed E-state index contributed by atoms with van der Waals surface area (Å²) in [6.07, 6.45) is 14.9. The number of ketones is 1. The average Bonchev–Trinajstić information content (AvgIpc) is 3.23. The molecule has 4 aliphatic carbocycles. The van der Waals surface area contributed by atoms with E-state index in [2.05, 4.69) is 11.8 Å². The highest BCUT2D eigenvalue weighted by atomic mass is 16.1. The van der Waals surface area contributed by atoms with Crippen LogP contribution in [0.5, 0.6) is 0 Å². The summed E-state index contributed by atoms with van der Waals surface area (Å²) in [5.74, 6) is 5.20. The Balaban J connectivity index is 1.31. The van der Waals surface area contributed by atoms with Crippen molar-refractivity contribution in [3.8, 4) is 0 Å².